The van der Waals surface area contributed by atoms with Crippen LogP contribution in [0, 0.1) is 0 Å². The van der Waals surface area contributed by atoms with Crippen molar-refractivity contribution in [1.82, 2.24) is 9.61 Å². The van der Waals surface area contributed by atoms with Crippen LogP contribution in [0.4, 0.5) is 17.1 Å². The normalized spacial score (nSPS) is 15.8. The summed E-state index contributed by atoms with van der Waals surface area (Å²) in [4.78, 5) is 28.9. The molecule has 1 N–H and O–H groups in total. The number of anilines is 3. The molecule has 0 unspecified atom stereocenters. The Balaban J connectivity index is 1.43. The fourth-order valence-electron chi connectivity index (χ4n) is 4.30. The SMILES string of the molecule is CC(=O)N1CCc2ccc(NC(=O)c3cnn4ccc(N5CCCC5)cc34)cc21. The summed E-state index contributed by atoms with van der Waals surface area (Å²) >= 11 is 0. The Bertz CT molecular complexity index is 1110. The van der Waals surface area contributed by atoms with Gasteiger partial charge in [0.1, 0.15) is 0 Å². The maximum Gasteiger partial charge on any atom is 0.259 e. The molecule has 0 saturated carbocycles. The third kappa shape index (κ3) is 3.12. The van der Waals surface area contributed by atoms with Gasteiger partial charge in [-0.1, -0.05) is 6.07 Å². The lowest BCUT2D eigenvalue weighted by molar-refractivity contribution is -0.116. The lowest BCUT2D eigenvalue weighted by atomic mass is 10.1. The first kappa shape index (κ1) is 17.7. The zero-order valence-electron chi connectivity index (χ0n) is 16.4. The number of carbonyl (C=O) groups is 2. The molecule has 2 aromatic heterocycles. The number of rotatable bonds is 3. The van der Waals surface area contributed by atoms with Crippen LogP contribution < -0.4 is 15.1 Å². The van der Waals surface area contributed by atoms with Gasteiger partial charge in [-0.3, -0.25) is 9.59 Å². The third-order valence-corrected chi connectivity index (χ3v) is 5.84. The molecule has 3 aromatic rings. The summed E-state index contributed by atoms with van der Waals surface area (Å²) in [6.45, 7) is 4.36. The maximum absolute atomic E-state index is 13.0. The molecule has 29 heavy (non-hydrogen) atoms. The molecular formula is C22H23N5O2. The molecule has 2 aliphatic heterocycles. The molecule has 1 aromatic carbocycles. The lowest BCUT2D eigenvalue weighted by Crippen LogP contribution is -2.25. The molecule has 4 heterocycles. The predicted octanol–water partition coefficient (Wildman–Crippen LogP) is 3.10. The van der Waals surface area contributed by atoms with E-state index in [1.807, 2.05) is 36.5 Å². The Morgan fingerprint density at radius 3 is 2.69 bits per heavy atom. The highest BCUT2D eigenvalue weighted by Crippen LogP contribution is 2.31. The van der Waals surface area contributed by atoms with Crippen molar-refractivity contribution in [3.63, 3.8) is 0 Å². The van der Waals surface area contributed by atoms with Gasteiger partial charge in [0.25, 0.3) is 5.91 Å². The average molecular weight is 389 g/mol. The van der Waals surface area contributed by atoms with Crippen LogP contribution in [-0.4, -0.2) is 41.1 Å². The van der Waals surface area contributed by atoms with E-state index in [1.54, 1.807) is 22.5 Å². The number of hydrogen-bond donors (Lipinski definition) is 1. The Labute approximate surface area is 168 Å². The topological polar surface area (TPSA) is 70.0 Å². The van der Waals surface area contributed by atoms with Crippen molar-refractivity contribution in [2.75, 3.05) is 34.8 Å². The number of nitrogens with zero attached hydrogens (tertiary/aromatic N) is 4. The van der Waals surface area contributed by atoms with Crippen LogP contribution in [0.15, 0.2) is 42.7 Å². The van der Waals surface area contributed by atoms with E-state index >= 15 is 0 Å². The highest BCUT2D eigenvalue weighted by Gasteiger charge is 2.23. The van der Waals surface area contributed by atoms with E-state index in [4.69, 9.17) is 0 Å². The number of fused-ring (bicyclic) bond motifs is 2. The van der Waals surface area contributed by atoms with E-state index in [0.717, 1.165) is 42.0 Å². The molecule has 0 aliphatic carbocycles. The molecule has 0 spiro atoms. The second kappa shape index (κ2) is 6.92. The van der Waals surface area contributed by atoms with Gasteiger partial charge in [0.15, 0.2) is 0 Å². The van der Waals surface area contributed by atoms with Crippen molar-refractivity contribution in [1.29, 1.82) is 0 Å². The first-order chi connectivity index (χ1) is 14.1. The van der Waals surface area contributed by atoms with E-state index in [-0.39, 0.29) is 11.8 Å². The van der Waals surface area contributed by atoms with Crippen molar-refractivity contribution in [2.45, 2.75) is 26.2 Å². The Morgan fingerprint density at radius 2 is 1.90 bits per heavy atom. The minimum absolute atomic E-state index is 0.0179. The van der Waals surface area contributed by atoms with Gasteiger partial charge in [0.05, 0.1) is 17.3 Å². The number of nitrogens with one attached hydrogen (secondary N) is 1. The molecule has 1 fully saturated rings. The third-order valence-electron chi connectivity index (χ3n) is 5.84. The fraction of sp³-hybridized carbons (Fsp3) is 0.318. The monoisotopic (exact) mass is 389 g/mol. The highest BCUT2D eigenvalue weighted by molar-refractivity contribution is 6.09. The molecule has 148 valence electrons. The zero-order chi connectivity index (χ0) is 20.0. The van der Waals surface area contributed by atoms with E-state index in [0.29, 0.717) is 17.8 Å². The minimum Gasteiger partial charge on any atom is -0.371 e. The molecule has 0 radical (unpaired) electrons. The summed E-state index contributed by atoms with van der Waals surface area (Å²) in [5.74, 6) is -0.185. The van der Waals surface area contributed by atoms with Gasteiger partial charge in [-0.05, 0) is 49.1 Å². The first-order valence-electron chi connectivity index (χ1n) is 10.0. The van der Waals surface area contributed by atoms with Crippen LogP contribution >= 0.6 is 0 Å². The van der Waals surface area contributed by atoms with Crippen molar-refractivity contribution < 1.29 is 9.59 Å². The van der Waals surface area contributed by atoms with Crippen LogP contribution in [0.1, 0.15) is 35.7 Å². The van der Waals surface area contributed by atoms with Gasteiger partial charge in [0, 0.05) is 49.8 Å². The van der Waals surface area contributed by atoms with Gasteiger partial charge in [0.2, 0.25) is 5.91 Å². The molecule has 5 rings (SSSR count). The molecule has 0 atom stereocenters. The smallest absolute Gasteiger partial charge is 0.259 e. The van der Waals surface area contributed by atoms with Crippen LogP contribution in [-0.2, 0) is 11.2 Å². The second-order valence-electron chi connectivity index (χ2n) is 7.69. The largest absolute Gasteiger partial charge is 0.371 e. The van der Waals surface area contributed by atoms with Crippen LogP contribution in [0.2, 0.25) is 0 Å². The standard InChI is InChI=1S/C22H23N5O2/c1-15(28)26-10-6-16-4-5-17(12-20(16)26)24-22(29)19-14-23-27-11-7-18(13-21(19)27)25-8-2-3-9-25/h4-5,7,11-14H,2-3,6,8-10H2,1H3,(H,24,29). The van der Waals surface area contributed by atoms with Gasteiger partial charge in [-0.25, -0.2) is 4.52 Å². The molecule has 2 aliphatic rings. The first-order valence-corrected chi connectivity index (χ1v) is 10.0. The number of pyridine rings is 1. The minimum atomic E-state index is -0.203. The summed E-state index contributed by atoms with van der Waals surface area (Å²) in [6.07, 6.45) is 6.75. The van der Waals surface area contributed by atoms with Crippen molar-refractivity contribution in [3.8, 4) is 0 Å². The van der Waals surface area contributed by atoms with Gasteiger partial charge in [-0.2, -0.15) is 5.10 Å². The Kier molecular flexibility index (Phi) is 4.23. The summed E-state index contributed by atoms with van der Waals surface area (Å²) in [5.41, 5.74) is 5.14. The molecule has 2 amide bonds. The summed E-state index contributed by atoms with van der Waals surface area (Å²) in [7, 11) is 0. The molecule has 7 nitrogen and oxygen atoms in total. The molecule has 1 saturated heterocycles. The number of carbonyl (C=O) groups excluding carboxylic acids is 2. The van der Waals surface area contributed by atoms with Gasteiger partial charge < -0.3 is 15.1 Å². The quantitative estimate of drug-likeness (QED) is 0.747. The summed E-state index contributed by atoms with van der Waals surface area (Å²) in [5, 5.41) is 7.30. The second-order valence-corrected chi connectivity index (χ2v) is 7.69. The van der Waals surface area contributed by atoms with Crippen molar-refractivity contribution in [2.24, 2.45) is 0 Å². The summed E-state index contributed by atoms with van der Waals surface area (Å²) in [6, 6.07) is 9.83. The van der Waals surface area contributed by atoms with Gasteiger partial charge in [-0.15, -0.1) is 0 Å². The van der Waals surface area contributed by atoms with Crippen LogP contribution in [0.3, 0.4) is 0 Å². The lowest BCUT2D eigenvalue weighted by Gasteiger charge is -2.17. The predicted molar refractivity (Wildman–Crippen MR) is 113 cm³/mol. The summed E-state index contributed by atoms with van der Waals surface area (Å²) < 4.78 is 1.73. The number of benzene rings is 1. The fourth-order valence-corrected chi connectivity index (χ4v) is 4.30. The average Bonchev–Trinajstić information content (AvgIpc) is 3.45. The number of amides is 2. The Hall–Kier alpha value is -3.35. The van der Waals surface area contributed by atoms with E-state index in [1.165, 1.54) is 12.8 Å². The van der Waals surface area contributed by atoms with Gasteiger partial charge >= 0.3 is 0 Å². The van der Waals surface area contributed by atoms with Crippen LogP contribution in [0.25, 0.3) is 5.52 Å². The highest BCUT2D eigenvalue weighted by atomic mass is 16.2. The molecule has 7 heteroatoms. The van der Waals surface area contributed by atoms with E-state index < -0.39 is 0 Å². The van der Waals surface area contributed by atoms with Crippen molar-refractivity contribution >= 4 is 34.4 Å². The molecule has 0 bridgehead atoms. The number of hydrogen-bond acceptors (Lipinski definition) is 4. The van der Waals surface area contributed by atoms with E-state index in [9.17, 15) is 9.59 Å². The van der Waals surface area contributed by atoms with Crippen LogP contribution in [0.5, 0.6) is 0 Å². The molecular weight excluding hydrogens is 366 g/mol. The van der Waals surface area contributed by atoms with Crippen molar-refractivity contribution in [3.05, 3.63) is 53.9 Å². The van der Waals surface area contributed by atoms with E-state index in [2.05, 4.69) is 15.3 Å². The maximum atomic E-state index is 13.0. The Morgan fingerprint density at radius 1 is 1.07 bits per heavy atom. The zero-order valence-corrected chi connectivity index (χ0v) is 16.4. The number of aromatic nitrogens is 2.